The van der Waals surface area contributed by atoms with E-state index in [0.717, 1.165) is 5.56 Å². The summed E-state index contributed by atoms with van der Waals surface area (Å²) < 4.78 is 0. The fourth-order valence-corrected chi connectivity index (χ4v) is 1.95. The third-order valence-corrected chi connectivity index (χ3v) is 3.07. The minimum absolute atomic E-state index is 0.0874. The van der Waals surface area contributed by atoms with Crippen molar-refractivity contribution in [3.05, 3.63) is 64.7 Å². The molecule has 20 heavy (non-hydrogen) atoms. The molecule has 0 aliphatic heterocycles. The lowest BCUT2D eigenvalue weighted by atomic mass is 10.1. The largest absolute Gasteiger partial charge is 0.507 e. The molecule has 2 aromatic rings. The van der Waals surface area contributed by atoms with Gasteiger partial charge >= 0.3 is 0 Å². The predicted molar refractivity (Wildman–Crippen MR) is 79.2 cm³/mol. The molecule has 0 fully saturated rings. The first-order valence-corrected chi connectivity index (χ1v) is 6.35. The van der Waals surface area contributed by atoms with Gasteiger partial charge in [0.25, 0.3) is 5.91 Å². The minimum Gasteiger partial charge on any atom is -0.507 e. The smallest absolute Gasteiger partial charge is 0.275 e. The number of carbonyl (C=O) groups is 1. The van der Waals surface area contributed by atoms with Gasteiger partial charge in [-0.3, -0.25) is 4.79 Å². The normalized spacial score (nSPS) is 11.2. The SMILES string of the molecule is CC(=NNC(=O)c1ccccc1O)c1ccccc1Cl. The molecular formula is C15H13ClN2O2. The molecule has 0 unspecified atom stereocenters. The molecule has 0 heterocycles. The number of phenols is 1. The van der Waals surface area contributed by atoms with Crippen LogP contribution in [-0.2, 0) is 0 Å². The van der Waals surface area contributed by atoms with Gasteiger partial charge < -0.3 is 5.11 Å². The second kappa shape index (κ2) is 6.21. The van der Waals surface area contributed by atoms with Crippen LogP contribution < -0.4 is 5.43 Å². The van der Waals surface area contributed by atoms with Crippen molar-refractivity contribution in [2.24, 2.45) is 5.10 Å². The first-order chi connectivity index (χ1) is 9.59. The van der Waals surface area contributed by atoms with E-state index in [1.807, 2.05) is 18.2 Å². The summed E-state index contributed by atoms with van der Waals surface area (Å²) in [5.41, 5.74) is 3.89. The van der Waals surface area contributed by atoms with Crippen molar-refractivity contribution in [3.63, 3.8) is 0 Å². The van der Waals surface area contributed by atoms with Crippen molar-refractivity contribution < 1.29 is 9.90 Å². The molecular weight excluding hydrogens is 276 g/mol. The zero-order valence-corrected chi connectivity index (χ0v) is 11.6. The monoisotopic (exact) mass is 288 g/mol. The van der Waals surface area contributed by atoms with Gasteiger partial charge in [0.15, 0.2) is 0 Å². The van der Waals surface area contributed by atoms with Crippen LogP contribution in [-0.4, -0.2) is 16.7 Å². The number of carbonyl (C=O) groups excluding carboxylic acids is 1. The number of para-hydroxylation sites is 1. The van der Waals surface area contributed by atoms with Gasteiger partial charge in [0, 0.05) is 10.6 Å². The van der Waals surface area contributed by atoms with E-state index in [9.17, 15) is 9.90 Å². The van der Waals surface area contributed by atoms with Gasteiger partial charge in [0.05, 0.1) is 11.3 Å². The van der Waals surface area contributed by atoms with Gasteiger partial charge in [0.1, 0.15) is 5.75 Å². The Kier molecular flexibility index (Phi) is 4.38. The molecule has 2 N–H and O–H groups in total. The van der Waals surface area contributed by atoms with Crippen LogP contribution in [0.4, 0.5) is 0 Å². The number of amides is 1. The lowest BCUT2D eigenvalue weighted by molar-refractivity contribution is 0.0952. The van der Waals surface area contributed by atoms with E-state index in [1.165, 1.54) is 12.1 Å². The first kappa shape index (κ1) is 14.1. The average Bonchev–Trinajstić information content (AvgIpc) is 2.45. The first-order valence-electron chi connectivity index (χ1n) is 5.97. The number of benzene rings is 2. The van der Waals surface area contributed by atoms with Crippen LogP contribution in [0.2, 0.25) is 5.02 Å². The molecule has 0 bridgehead atoms. The summed E-state index contributed by atoms with van der Waals surface area (Å²) in [6, 6.07) is 13.5. The minimum atomic E-state index is -0.477. The van der Waals surface area contributed by atoms with Crippen LogP contribution in [0.3, 0.4) is 0 Å². The number of nitrogens with zero attached hydrogens (tertiary/aromatic N) is 1. The van der Waals surface area contributed by atoms with E-state index in [0.29, 0.717) is 10.7 Å². The van der Waals surface area contributed by atoms with E-state index >= 15 is 0 Å². The standard InChI is InChI=1S/C15H13ClN2O2/c1-10(11-6-2-4-8-13(11)16)17-18-15(20)12-7-3-5-9-14(12)19/h2-9,19H,1H3,(H,18,20). The molecule has 0 aromatic heterocycles. The summed E-state index contributed by atoms with van der Waals surface area (Å²) >= 11 is 6.04. The van der Waals surface area contributed by atoms with Gasteiger partial charge in [-0.05, 0) is 25.1 Å². The molecule has 0 spiro atoms. The fourth-order valence-electron chi connectivity index (χ4n) is 1.68. The van der Waals surface area contributed by atoms with Crippen LogP contribution in [0.15, 0.2) is 53.6 Å². The number of hydrogen-bond acceptors (Lipinski definition) is 3. The summed E-state index contributed by atoms with van der Waals surface area (Å²) in [7, 11) is 0. The van der Waals surface area contributed by atoms with Gasteiger partial charge in [-0.1, -0.05) is 41.9 Å². The molecule has 1 amide bonds. The van der Waals surface area contributed by atoms with Crippen molar-refractivity contribution in [1.29, 1.82) is 0 Å². The average molecular weight is 289 g/mol. The Labute approximate surface area is 121 Å². The summed E-state index contributed by atoms with van der Waals surface area (Å²) in [6.07, 6.45) is 0. The van der Waals surface area contributed by atoms with E-state index < -0.39 is 5.91 Å². The molecule has 4 nitrogen and oxygen atoms in total. The van der Waals surface area contributed by atoms with Crippen molar-refractivity contribution in [2.75, 3.05) is 0 Å². The van der Waals surface area contributed by atoms with Gasteiger partial charge in [0.2, 0.25) is 0 Å². The third kappa shape index (κ3) is 3.16. The van der Waals surface area contributed by atoms with Crippen LogP contribution in [0.5, 0.6) is 5.75 Å². The van der Waals surface area contributed by atoms with Crippen LogP contribution >= 0.6 is 11.6 Å². The Balaban J connectivity index is 2.16. The maximum absolute atomic E-state index is 11.9. The fraction of sp³-hybridized carbons (Fsp3) is 0.0667. The Hall–Kier alpha value is -2.33. The number of nitrogens with one attached hydrogen (secondary N) is 1. The second-order valence-electron chi connectivity index (χ2n) is 4.14. The maximum Gasteiger partial charge on any atom is 0.275 e. The molecule has 102 valence electrons. The van der Waals surface area contributed by atoms with Gasteiger partial charge in [-0.15, -0.1) is 0 Å². The Morgan fingerprint density at radius 2 is 1.70 bits per heavy atom. The van der Waals surface area contributed by atoms with Gasteiger partial charge in [-0.2, -0.15) is 5.10 Å². The van der Waals surface area contributed by atoms with E-state index in [1.54, 1.807) is 25.1 Å². The van der Waals surface area contributed by atoms with Crippen molar-refractivity contribution in [2.45, 2.75) is 6.92 Å². The number of halogens is 1. The van der Waals surface area contributed by atoms with Crippen LogP contribution in [0.1, 0.15) is 22.8 Å². The number of phenolic OH excluding ortho intramolecular Hbond substituents is 1. The second-order valence-corrected chi connectivity index (χ2v) is 4.54. The summed E-state index contributed by atoms with van der Waals surface area (Å²) in [5.74, 6) is -0.565. The van der Waals surface area contributed by atoms with E-state index in [4.69, 9.17) is 11.6 Å². The predicted octanol–water partition coefficient (Wildman–Crippen LogP) is 3.20. The van der Waals surface area contributed by atoms with E-state index in [2.05, 4.69) is 10.5 Å². The van der Waals surface area contributed by atoms with E-state index in [-0.39, 0.29) is 11.3 Å². The Morgan fingerprint density at radius 3 is 2.35 bits per heavy atom. The zero-order valence-electron chi connectivity index (χ0n) is 10.8. The molecule has 0 radical (unpaired) electrons. The van der Waals surface area contributed by atoms with Crippen molar-refractivity contribution in [1.82, 2.24) is 5.43 Å². The number of rotatable bonds is 3. The highest BCUT2D eigenvalue weighted by Crippen LogP contribution is 2.17. The highest BCUT2D eigenvalue weighted by molar-refractivity contribution is 6.34. The molecule has 0 atom stereocenters. The summed E-state index contributed by atoms with van der Waals surface area (Å²) in [5, 5.41) is 14.1. The topological polar surface area (TPSA) is 61.7 Å². The lowest BCUT2D eigenvalue weighted by Gasteiger charge is -2.05. The van der Waals surface area contributed by atoms with Gasteiger partial charge in [-0.25, -0.2) is 5.43 Å². The molecule has 5 heteroatoms. The molecule has 2 rings (SSSR count). The summed E-state index contributed by atoms with van der Waals surface area (Å²) in [6.45, 7) is 1.74. The molecule has 2 aromatic carbocycles. The number of aromatic hydroxyl groups is 1. The third-order valence-electron chi connectivity index (χ3n) is 2.74. The quantitative estimate of drug-likeness (QED) is 0.673. The van der Waals surface area contributed by atoms with Crippen LogP contribution in [0.25, 0.3) is 0 Å². The van der Waals surface area contributed by atoms with Crippen molar-refractivity contribution in [3.8, 4) is 5.75 Å². The number of hydrogen-bond donors (Lipinski definition) is 2. The molecule has 0 aliphatic carbocycles. The Morgan fingerprint density at radius 1 is 1.10 bits per heavy atom. The Bertz CT molecular complexity index is 668. The zero-order chi connectivity index (χ0) is 14.5. The number of hydrazone groups is 1. The van der Waals surface area contributed by atoms with Crippen molar-refractivity contribution >= 4 is 23.2 Å². The highest BCUT2D eigenvalue weighted by atomic mass is 35.5. The molecule has 0 saturated heterocycles. The van der Waals surface area contributed by atoms with Crippen LogP contribution in [0, 0.1) is 0 Å². The lowest BCUT2D eigenvalue weighted by Crippen LogP contribution is -2.19. The summed E-state index contributed by atoms with van der Waals surface area (Å²) in [4.78, 5) is 11.9. The highest BCUT2D eigenvalue weighted by Gasteiger charge is 2.09. The molecule has 0 aliphatic rings. The molecule has 0 saturated carbocycles. The maximum atomic E-state index is 11.9.